The van der Waals surface area contributed by atoms with Gasteiger partial charge in [0.05, 0.1) is 6.67 Å². The first-order chi connectivity index (χ1) is 12.6. The summed E-state index contributed by atoms with van der Waals surface area (Å²) in [4.78, 5) is 30.4. The molecule has 1 aliphatic rings. The van der Waals surface area contributed by atoms with Gasteiger partial charge < -0.3 is 9.80 Å². The van der Waals surface area contributed by atoms with E-state index in [2.05, 4.69) is 16.5 Å². The highest BCUT2D eigenvalue weighted by Gasteiger charge is 2.28. The number of fused-ring (bicyclic) bond motifs is 1. The molecular formula is C20H34N4O2. The predicted octanol–water partition coefficient (Wildman–Crippen LogP) is 3.37. The lowest BCUT2D eigenvalue weighted by Crippen LogP contribution is -2.32. The van der Waals surface area contributed by atoms with Crippen molar-refractivity contribution in [2.24, 2.45) is 7.05 Å². The second kappa shape index (κ2) is 10.2. The zero-order valence-electron chi connectivity index (χ0n) is 16.4. The van der Waals surface area contributed by atoms with Crippen molar-refractivity contribution in [2.45, 2.75) is 64.2 Å². The molecule has 0 aromatic carbocycles. The van der Waals surface area contributed by atoms with Gasteiger partial charge in [-0.2, -0.15) is 0 Å². The maximum atomic E-state index is 12.1. The molecule has 1 aliphatic heterocycles. The van der Waals surface area contributed by atoms with E-state index >= 15 is 0 Å². The van der Waals surface area contributed by atoms with Crippen LogP contribution in [0.2, 0.25) is 0 Å². The topological polar surface area (TPSA) is 61.3 Å². The average Bonchev–Trinajstić information content (AvgIpc) is 2.94. The van der Waals surface area contributed by atoms with Crippen LogP contribution in [-0.2, 0) is 7.05 Å². The first kappa shape index (κ1) is 20.3. The van der Waals surface area contributed by atoms with Gasteiger partial charge in [0.1, 0.15) is 11.5 Å². The Kier molecular flexibility index (Phi) is 8.01. The summed E-state index contributed by atoms with van der Waals surface area (Å²) in [5, 5.41) is 0. The highest BCUT2D eigenvalue weighted by molar-refractivity contribution is 5.71. The minimum Gasteiger partial charge on any atom is -0.349 e. The quantitative estimate of drug-likeness (QED) is 0.457. The van der Waals surface area contributed by atoms with Gasteiger partial charge >= 0.3 is 5.69 Å². The second-order valence-electron chi connectivity index (χ2n) is 7.35. The van der Waals surface area contributed by atoms with Crippen molar-refractivity contribution >= 4 is 11.5 Å². The number of rotatable bonds is 12. The third kappa shape index (κ3) is 5.26. The van der Waals surface area contributed by atoms with Gasteiger partial charge in [0.2, 0.25) is 0 Å². The Labute approximate surface area is 156 Å². The Morgan fingerprint density at radius 3 is 2.15 bits per heavy atom. The van der Waals surface area contributed by atoms with E-state index in [1.54, 1.807) is 11.6 Å². The van der Waals surface area contributed by atoms with Crippen molar-refractivity contribution < 1.29 is 0 Å². The molecule has 0 bridgehead atoms. The van der Waals surface area contributed by atoms with Crippen molar-refractivity contribution in [3.63, 3.8) is 0 Å². The van der Waals surface area contributed by atoms with Gasteiger partial charge in [-0.05, 0) is 19.3 Å². The van der Waals surface area contributed by atoms with Crippen molar-refractivity contribution in [1.29, 1.82) is 0 Å². The molecule has 0 amide bonds. The van der Waals surface area contributed by atoms with Gasteiger partial charge in [0.15, 0.2) is 0 Å². The molecule has 1 aromatic rings. The summed E-state index contributed by atoms with van der Waals surface area (Å²) < 4.78 is 1.55. The number of allylic oxidation sites excluding steroid dienone is 1. The molecular weight excluding hydrogens is 328 g/mol. The minimum absolute atomic E-state index is 0.291. The Balaban J connectivity index is 1.67. The first-order valence-electron chi connectivity index (χ1n) is 9.96. The van der Waals surface area contributed by atoms with Gasteiger partial charge in [-0.3, -0.25) is 14.3 Å². The van der Waals surface area contributed by atoms with E-state index in [9.17, 15) is 9.59 Å². The van der Waals surface area contributed by atoms with Crippen molar-refractivity contribution in [3.05, 3.63) is 33.5 Å². The Morgan fingerprint density at radius 1 is 0.962 bits per heavy atom. The van der Waals surface area contributed by atoms with E-state index in [1.165, 1.54) is 51.4 Å². The summed E-state index contributed by atoms with van der Waals surface area (Å²) in [6.45, 7) is 5.31. The van der Waals surface area contributed by atoms with E-state index in [4.69, 9.17) is 0 Å². The molecule has 0 saturated heterocycles. The largest absolute Gasteiger partial charge is 0.349 e. The standard InChI is InChI=1S/C20H34N4O2/c1-4-5-6-7-8-9-10-11-12-13-14-15-24-16-22(2)17-18(25)21-20(26)23(3)19(17)24/h4H,1,5-16H2,2-3H3,(H,21,25,26). The fraction of sp³-hybridized carbons (Fsp3) is 0.700. The van der Waals surface area contributed by atoms with Crippen LogP contribution >= 0.6 is 0 Å². The lowest BCUT2D eigenvalue weighted by atomic mass is 10.1. The van der Waals surface area contributed by atoms with Crippen molar-refractivity contribution in [2.75, 3.05) is 30.1 Å². The second-order valence-corrected chi connectivity index (χ2v) is 7.35. The van der Waals surface area contributed by atoms with Gasteiger partial charge in [-0.25, -0.2) is 4.79 Å². The fourth-order valence-corrected chi connectivity index (χ4v) is 3.70. The summed E-state index contributed by atoms with van der Waals surface area (Å²) in [7, 11) is 3.62. The molecule has 0 atom stereocenters. The van der Waals surface area contributed by atoms with E-state index < -0.39 is 0 Å². The van der Waals surface area contributed by atoms with Crippen LogP contribution in [0.15, 0.2) is 22.2 Å². The number of hydrogen-bond acceptors (Lipinski definition) is 4. The van der Waals surface area contributed by atoms with Gasteiger partial charge in [-0.15, -0.1) is 6.58 Å². The molecule has 0 fully saturated rings. The van der Waals surface area contributed by atoms with E-state index in [1.807, 2.05) is 18.0 Å². The maximum Gasteiger partial charge on any atom is 0.329 e. The predicted molar refractivity (Wildman–Crippen MR) is 109 cm³/mol. The highest BCUT2D eigenvalue weighted by atomic mass is 16.2. The lowest BCUT2D eigenvalue weighted by Gasteiger charge is -2.20. The number of nitrogens with one attached hydrogen (secondary N) is 1. The zero-order valence-corrected chi connectivity index (χ0v) is 16.4. The fourth-order valence-electron chi connectivity index (χ4n) is 3.70. The molecule has 1 aromatic heterocycles. The third-order valence-corrected chi connectivity index (χ3v) is 5.17. The van der Waals surface area contributed by atoms with Crippen molar-refractivity contribution in [1.82, 2.24) is 9.55 Å². The number of aromatic amines is 1. The number of aromatic nitrogens is 2. The van der Waals surface area contributed by atoms with Crippen LogP contribution in [-0.4, -0.2) is 29.8 Å². The SMILES string of the molecule is C=CCCCCCCCCCCCN1CN(C)c2c1n(C)c(=O)[nH]c2=O. The summed E-state index contributed by atoms with van der Waals surface area (Å²) in [5.41, 5.74) is -0.0353. The lowest BCUT2D eigenvalue weighted by molar-refractivity contribution is 0.557. The normalized spacial score (nSPS) is 13.3. The first-order valence-corrected chi connectivity index (χ1v) is 9.96. The molecule has 0 spiro atoms. The molecule has 6 nitrogen and oxygen atoms in total. The van der Waals surface area contributed by atoms with Crippen LogP contribution in [0.1, 0.15) is 64.2 Å². The molecule has 2 rings (SSSR count). The minimum atomic E-state index is -0.345. The van der Waals surface area contributed by atoms with Crippen LogP contribution in [0.3, 0.4) is 0 Å². The molecule has 2 heterocycles. The molecule has 0 saturated carbocycles. The highest BCUT2D eigenvalue weighted by Crippen LogP contribution is 2.29. The van der Waals surface area contributed by atoms with E-state index in [0.29, 0.717) is 12.4 Å². The van der Waals surface area contributed by atoms with Crippen LogP contribution in [0.4, 0.5) is 11.5 Å². The summed E-state index contributed by atoms with van der Waals surface area (Å²) >= 11 is 0. The number of unbranched alkanes of at least 4 members (excludes halogenated alkanes) is 9. The summed E-state index contributed by atoms with van der Waals surface area (Å²) in [6.07, 6.45) is 14.6. The number of anilines is 2. The summed E-state index contributed by atoms with van der Waals surface area (Å²) in [6, 6.07) is 0. The monoisotopic (exact) mass is 362 g/mol. The van der Waals surface area contributed by atoms with Gasteiger partial charge in [0.25, 0.3) is 5.56 Å². The van der Waals surface area contributed by atoms with E-state index in [0.717, 1.165) is 25.2 Å². The molecule has 26 heavy (non-hydrogen) atoms. The molecule has 0 unspecified atom stereocenters. The Bertz CT molecular complexity index is 692. The average molecular weight is 363 g/mol. The van der Waals surface area contributed by atoms with E-state index in [-0.39, 0.29) is 11.2 Å². The maximum absolute atomic E-state index is 12.1. The van der Waals surface area contributed by atoms with Crippen molar-refractivity contribution in [3.8, 4) is 0 Å². The Hall–Kier alpha value is -1.98. The number of hydrogen-bond donors (Lipinski definition) is 1. The number of nitrogens with zero attached hydrogens (tertiary/aromatic N) is 3. The van der Waals surface area contributed by atoms with Crippen LogP contribution in [0.5, 0.6) is 0 Å². The third-order valence-electron chi connectivity index (χ3n) is 5.17. The molecule has 0 radical (unpaired) electrons. The van der Waals surface area contributed by atoms with Crippen LogP contribution < -0.4 is 21.0 Å². The molecule has 1 N–H and O–H groups in total. The smallest absolute Gasteiger partial charge is 0.329 e. The van der Waals surface area contributed by atoms with Crippen LogP contribution in [0.25, 0.3) is 0 Å². The molecule has 6 heteroatoms. The van der Waals surface area contributed by atoms with Crippen LogP contribution in [0, 0.1) is 0 Å². The number of H-pyrrole nitrogens is 1. The Morgan fingerprint density at radius 2 is 1.54 bits per heavy atom. The van der Waals surface area contributed by atoms with Gasteiger partial charge in [-0.1, -0.05) is 51.0 Å². The zero-order chi connectivity index (χ0) is 18.9. The van der Waals surface area contributed by atoms with Gasteiger partial charge in [0, 0.05) is 20.6 Å². The molecule has 0 aliphatic carbocycles. The molecule has 146 valence electrons. The summed E-state index contributed by atoms with van der Waals surface area (Å²) in [5.74, 6) is 0.751.